The van der Waals surface area contributed by atoms with Gasteiger partial charge in [-0.15, -0.1) is 5.53 Å². The second-order valence-corrected chi connectivity index (χ2v) is 6.94. The van der Waals surface area contributed by atoms with Gasteiger partial charge < -0.3 is 0 Å². The van der Waals surface area contributed by atoms with Crippen molar-refractivity contribution in [2.24, 2.45) is 5.10 Å². The summed E-state index contributed by atoms with van der Waals surface area (Å²) in [7, 11) is 0. The Morgan fingerprint density at radius 3 is 1.86 bits per heavy atom. The Hall–Kier alpha value is -0.770. The number of hydrogen-bond donors (Lipinski definition) is 2. The van der Waals surface area contributed by atoms with Crippen LogP contribution >= 0.6 is 0 Å². The molecule has 1 aliphatic rings. The van der Waals surface area contributed by atoms with Gasteiger partial charge >= 0.3 is 0 Å². The Balaban J connectivity index is 1.87. The molecule has 0 aliphatic carbocycles. The van der Waals surface area contributed by atoms with Crippen LogP contribution in [-0.2, 0) is 0 Å². The van der Waals surface area contributed by atoms with Gasteiger partial charge in [0.25, 0.3) is 0 Å². The summed E-state index contributed by atoms with van der Waals surface area (Å²) in [5.74, 6) is 0. The van der Waals surface area contributed by atoms with E-state index in [4.69, 9.17) is 0 Å². The van der Waals surface area contributed by atoms with Crippen LogP contribution in [0.1, 0.15) is 97.8 Å². The van der Waals surface area contributed by atoms with Crippen LogP contribution in [-0.4, -0.2) is 16.9 Å². The number of hydrogen-bond acceptors (Lipinski definition) is 4. The first-order valence-corrected chi connectivity index (χ1v) is 9.00. The van der Waals surface area contributed by atoms with E-state index in [1.54, 1.807) is 0 Å². The molecule has 0 spiro atoms. The third-order valence-corrected chi connectivity index (χ3v) is 4.45. The van der Waals surface area contributed by atoms with Crippen LogP contribution in [0.25, 0.3) is 0 Å². The first kappa shape index (κ1) is 18.3. The fourth-order valence-electron chi connectivity index (χ4n) is 2.85. The number of hydrazine groups is 2. The van der Waals surface area contributed by atoms with Crippen molar-refractivity contribution in [3.8, 4) is 0 Å². The molecule has 4 heteroatoms. The molecule has 0 unspecified atom stereocenters. The van der Waals surface area contributed by atoms with E-state index >= 15 is 0 Å². The lowest BCUT2D eigenvalue weighted by Gasteiger charge is -2.33. The summed E-state index contributed by atoms with van der Waals surface area (Å²) in [6, 6.07) is 0. The van der Waals surface area contributed by atoms with Crippen molar-refractivity contribution in [2.75, 3.05) is 0 Å². The largest absolute Gasteiger partial charge is 0.272 e. The van der Waals surface area contributed by atoms with Crippen LogP contribution in [0.4, 0.5) is 0 Å². The summed E-state index contributed by atoms with van der Waals surface area (Å²) in [6.07, 6.45) is 18.5. The van der Waals surface area contributed by atoms with Crippen molar-refractivity contribution >= 4 is 6.34 Å². The van der Waals surface area contributed by atoms with E-state index in [0.29, 0.717) is 0 Å². The minimum absolute atomic E-state index is 0.131. The number of nitrogens with one attached hydrogen (secondary N) is 2. The first-order chi connectivity index (χ1) is 10.2. The van der Waals surface area contributed by atoms with E-state index in [-0.39, 0.29) is 5.54 Å². The SMILES string of the molecule is CCCCCCCCCCCCCC(C)(C)N1C=NNN1. The Morgan fingerprint density at radius 2 is 1.38 bits per heavy atom. The molecular formula is C17H36N4. The zero-order valence-corrected chi connectivity index (χ0v) is 14.5. The second kappa shape index (κ2) is 10.9. The van der Waals surface area contributed by atoms with Gasteiger partial charge in [-0.3, -0.25) is 5.01 Å². The predicted molar refractivity (Wildman–Crippen MR) is 91.8 cm³/mol. The van der Waals surface area contributed by atoms with Gasteiger partial charge in [0.2, 0.25) is 0 Å². The molecule has 4 nitrogen and oxygen atoms in total. The summed E-state index contributed by atoms with van der Waals surface area (Å²) < 4.78 is 0. The molecule has 0 fully saturated rings. The fraction of sp³-hybridized carbons (Fsp3) is 0.941. The van der Waals surface area contributed by atoms with Gasteiger partial charge in [0, 0.05) is 0 Å². The molecule has 0 aromatic heterocycles. The van der Waals surface area contributed by atoms with Gasteiger partial charge in [-0.2, -0.15) is 5.10 Å². The number of hydrazone groups is 1. The molecule has 2 N–H and O–H groups in total. The molecule has 0 aromatic rings. The molecule has 0 radical (unpaired) electrons. The van der Waals surface area contributed by atoms with Crippen LogP contribution < -0.4 is 11.1 Å². The third kappa shape index (κ3) is 8.30. The lowest BCUT2D eigenvalue weighted by Crippen LogP contribution is -2.50. The molecule has 0 aromatic carbocycles. The molecule has 1 heterocycles. The fourth-order valence-corrected chi connectivity index (χ4v) is 2.85. The molecule has 1 rings (SSSR count). The Bertz CT molecular complexity index is 276. The van der Waals surface area contributed by atoms with E-state index in [9.17, 15) is 0 Å². The lowest BCUT2D eigenvalue weighted by molar-refractivity contribution is 0.137. The number of nitrogens with zero attached hydrogens (tertiary/aromatic N) is 2. The minimum Gasteiger partial charge on any atom is -0.272 e. The zero-order chi connectivity index (χ0) is 15.4. The molecule has 0 bridgehead atoms. The van der Waals surface area contributed by atoms with E-state index in [1.807, 2.05) is 6.34 Å². The van der Waals surface area contributed by atoms with Gasteiger partial charge in [-0.25, -0.2) is 5.53 Å². The normalized spacial score (nSPS) is 14.7. The standard InChI is InChI=1S/C17H36N4/c1-4-5-6-7-8-9-10-11-12-13-14-15-17(2,3)21-16-18-19-20-21/h16,19-20H,4-15H2,1-3H3. The minimum atomic E-state index is 0.131. The average Bonchev–Trinajstić information content (AvgIpc) is 3.00. The number of rotatable bonds is 13. The van der Waals surface area contributed by atoms with Crippen LogP contribution in [0.2, 0.25) is 0 Å². The topological polar surface area (TPSA) is 39.7 Å². The molecular weight excluding hydrogens is 260 g/mol. The quantitative estimate of drug-likeness (QED) is 0.482. The van der Waals surface area contributed by atoms with E-state index in [0.717, 1.165) is 0 Å². The van der Waals surface area contributed by atoms with Crippen molar-refractivity contribution < 1.29 is 0 Å². The Kier molecular flexibility index (Phi) is 9.48. The van der Waals surface area contributed by atoms with Gasteiger partial charge in [0.15, 0.2) is 0 Å². The van der Waals surface area contributed by atoms with Crippen molar-refractivity contribution in [2.45, 2.75) is 103 Å². The van der Waals surface area contributed by atoms with Crippen LogP contribution in [0, 0.1) is 0 Å². The van der Waals surface area contributed by atoms with Crippen molar-refractivity contribution in [3.63, 3.8) is 0 Å². The summed E-state index contributed by atoms with van der Waals surface area (Å²) in [4.78, 5) is 0. The Morgan fingerprint density at radius 1 is 0.857 bits per heavy atom. The highest BCUT2D eigenvalue weighted by Crippen LogP contribution is 2.21. The van der Waals surface area contributed by atoms with Crippen molar-refractivity contribution in [1.29, 1.82) is 0 Å². The van der Waals surface area contributed by atoms with Crippen LogP contribution in [0.15, 0.2) is 5.10 Å². The van der Waals surface area contributed by atoms with Crippen molar-refractivity contribution in [1.82, 2.24) is 16.1 Å². The molecule has 0 atom stereocenters. The summed E-state index contributed by atoms with van der Waals surface area (Å²) in [5.41, 5.74) is 5.95. The molecule has 0 saturated heterocycles. The molecule has 1 aliphatic heterocycles. The van der Waals surface area contributed by atoms with Gasteiger partial charge in [0.1, 0.15) is 6.34 Å². The maximum atomic E-state index is 3.98. The van der Waals surface area contributed by atoms with Crippen LogP contribution in [0.5, 0.6) is 0 Å². The Labute approximate surface area is 131 Å². The highest BCUT2D eigenvalue weighted by Gasteiger charge is 2.25. The molecule has 21 heavy (non-hydrogen) atoms. The van der Waals surface area contributed by atoms with Crippen molar-refractivity contribution in [3.05, 3.63) is 0 Å². The van der Waals surface area contributed by atoms with Gasteiger partial charge in [-0.1, -0.05) is 77.6 Å². The van der Waals surface area contributed by atoms with E-state index in [1.165, 1.54) is 77.0 Å². The highest BCUT2D eigenvalue weighted by atomic mass is 15.8. The third-order valence-electron chi connectivity index (χ3n) is 4.45. The summed E-state index contributed by atoms with van der Waals surface area (Å²) >= 11 is 0. The van der Waals surface area contributed by atoms with E-state index < -0.39 is 0 Å². The number of unbranched alkanes of at least 4 members (excludes halogenated alkanes) is 10. The first-order valence-electron chi connectivity index (χ1n) is 9.00. The van der Waals surface area contributed by atoms with Crippen LogP contribution in [0.3, 0.4) is 0 Å². The van der Waals surface area contributed by atoms with Gasteiger partial charge in [-0.05, 0) is 20.3 Å². The zero-order valence-electron chi connectivity index (χ0n) is 14.5. The van der Waals surface area contributed by atoms with E-state index in [2.05, 4.69) is 42.0 Å². The molecule has 0 saturated carbocycles. The molecule has 0 amide bonds. The highest BCUT2D eigenvalue weighted by molar-refractivity contribution is 5.56. The maximum absolute atomic E-state index is 3.98. The second-order valence-electron chi connectivity index (χ2n) is 6.94. The lowest BCUT2D eigenvalue weighted by atomic mass is 9.95. The average molecular weight is 297 g/mol. The molecule has 124 valence electrons. The monoisotopic (exact) mass is 296 g/mol. The van der Waals surface area contributed by atoms with Gasteiger partial charge in [0.05, 0.1) is 5.54 Å². The summed E-state index contributed by atoms with van der Waals surface area (Å²) in [5, 5.41) is 6.03. The smallest absolute Gasteiger partial charge is 0.129 e. The maximum Gasteiger partial charge on any atom is 0.129 e. The predicted octanol–water partition coefficient (Wildman–Crippen LogP) is 4.73. The summed E-state index contributed by atoms with van der Waals surface area (Å²) in [6.45, 7) is 6.80.